The number of aliphatic hydroxyl groups excluding tert-OH is 3. The van der Waals surface area contributed by atoms with E-state index in [-0.39, 0.29) is 18.4 Å². The molecule has 1 aliphatic heterocycles. The van der Waals surface area contributed by atoms with E-state index in [1.165, 1.54) is 0 Å². The van der Waals surface area contributed by atoms with Crippen LogP contribution in [0.15, 0.2) is 11.6 Å². The molecular weight excluding hydrogens is 428 g/mol. The number of ether oxygens (including phenoxy) is 2. The summed E-state index contributed by atoms with van der Waals surface area (Å²) >= 11 is 0. The van der Waals surface area contributed by atoms with Gasteiger partial charge in [0.05, 0.1) is 12.0 Å². The Morgan fingerprint density at radius 3 is 2.58 bits per heavy atom. The Balaban J connectivity index is 1.82. The molecule has 0 radical (unpaired) electrons. The first kappa shape index (κ1) is 25.8. The van der Waals surface area contributed by atoms with Gasteiger partial charge in [-0.1, -0.05) is 65.4 Å². The van der Waals surface area contributed by atoms with Crippen molar-refractivity contribution in [1.82, 2.24) is 0 Å². The van der Waals surface area contributed by atoms with Crippen molar-refractivity contribution in [3.63, 3.8) is 0 Å². The van der Waals surface area contributed by atoms with Gasteiger partial charge in [0.2, 0.25) is 6.29 Å². The van der Waals surface area contributed by atoms with Crippen LogP contribution in [-0.2, 0) is 23.9 Å². The predicted molar refractivity (Wildman–Crippen MR) is 119 cm³/mol. The molecular formula is C25H38O8. The van der Waals surface area contributed by atoms with Gasteiger partial charge in [-0.15, -0.1) is 0 Å². The number of cyclic esters (lactones) is 1. The van der Waals surface area contributed by atoms with Crippen LogP contribution in [0.3, 0.4) is 0 Å². The van der Waals surface area contributed by atoms with E-state index in [2.05, 4.69) is 6.92 Å². The van der Waals surface area contributed by atoms with Gasteiger partial charge in [-0.05, 0) is 36.2 Å². The van der Waals surface area contributed by atoms with Crippen molar-refractivity contribution in [2.45, 2.75) is 103 Å². The second kappa shape index (κ2) is 10.2. The monoisotopic (exact) mass is 466 g/mol. The van der Waals surface area contributed by atoms with Crippen molar-refractivity contribution in [3.8, 4) is 0 Å². The largest absolute Gasteiger partial charge is 0.456 e. The Kier molecular flexibility index (Phi) is 8.02. The van der Waals surface area contributed by atoms with Crippen LogP contribution in [-0.4, -0.2) is 58.1 Å². The van der Waals surface area contributed by atoms with Crippen molar-refractivity contribution in [1.29, 1.82) is 0 Å². The van der Waals surface area contributed by atoms with Crippen molar-refractivity contribution in [2.24, 2.45) is 22.7 Å². The molecule has 186 valence electrons. The minimum atomic E-state index is -1.60. The van der Waals surface area contributed by atoms with Gasteiger partial charge in [0.15, 0.2) is 6.10 Å². The number of unbranched alkanes of at least 4 members (excludes halogenated alkanes) is 5. The highest BCUT2D eigenvalue weighted by Crippen LogP contribution is 2.64. The summed E-state index contributed by atoms with van der Waals surface area (Å²) in [6.45, 7) is 5.94. The maximum Gasteiger partial charge on any atom is 0.335 e. The van der Waals surface area contributed by atoms with Gasteiger partial charge in [0.25, 0.3) is 0 Å². The lowest BCUT2D eigenvalue weighted by molar-refractivity contribution is -0.215. The van der Waals surface area contributed by atoms with Gasteiger partial charge in [-0.3, -0.25) is 9.59 Å². The number of hydrogen-bond donors (Lipinski definition) is 3. The standard InChI is InChI=1S/C25H38O8/c1-4-5-6-7-8-9-10-16(27)21(29)32-20-17(28)13-24(2,3)18-12-11-15(14-26)19-22(30)33-23(31)25(18,19)20/h11,14,16-20,22,27-28,30H,4-10,12-13H2,1-3H3/t16?,17-,18-,19+,20-,22-,25+/m0/s1. The molecule has 3 aliphatic rings. The molecule has 0 amide bonds. The molecule has 0 aromatic carbocycles. The fraction of sp³-hybridized carbons (Fsp3) is 0.800. The van der Waals surface area contributed by atoms with Gasteiger partial charge in [0, 0.05) is 0 Å². The van der Waals surface area contributed by atoms with Crippen molar-refractivity contribution >= 4 is 18.2 Å². The second-order valence-electron chi connectivity index (χ2n) is 10.5. The van der Waals surface area contributed by atoms with Crippen LogP contribution in [0.4, 0.5) is 0 Å². The molecule has 8 nitrogen and oxygen atoms in total. The molecule has 1 saturated carbocycles. The van der Waals surface area contributed by atoms with Crippen LogP contribution in [0.25, 0.3) is 0 Å². The number of aliphatic hydroxyl groups is 3. The normalized spacial score (nSPS) is 35.6. The summed E-state index contributed by atoms with van der Waals surface area (Å²) in [5.74, 6) is -3.17. The van der Waals surface area contributed by atoms with Gasteiger partial charge >= 0.3 is 11.9 Å². The van der Waals surface area contributed by atoms with Gasteiger partial charge in [0.1, 0.15) is 17.8 Å². The van der Waals surface area contributed by atoms with E-state index in [0.29, 0.717) is 19.1 Å². The lowest BCUT2D eigenvalue weighted by Gasteiger charge is -2.57. The lowest BCUT2D eigenvalue weighted by atomic mass is 9.46. The molecule has 3 N–H and O–H groups in total. The first-order chi connectivity index (χ1) is 15.6. The summed E-state index contributed by atoms with van der Waals surface area (Å²) in [6, 6.07) is 0. The van der Waals surface area contributed by atoms with Crippen LogP contribution in [0.5, 0.6) is 0 Å². The van der Waals surface area contributed by atoms with Gasteiger partial charge in [-0.25, -0.2) is 4.79 Å². The van der Waals surface area contributed by atoms with Crippen LogP contribution in [0, 0.1) is 22.7 Å². The maximum atomic E-state index is 13.2. The Morgan fingerprint density at radius 1 is 1.24 bits per heavy atom. The zero-order chi connectivity index (χ0) is 24.4. The SMILES string of the molecule is CCCCCCCCC(O)C(=O)O[C@H]1[C@@H](O)CC(C)(C)[C@@H]2CC=C(C=O)[C@@H]3[C@@H](O)OC(=O)[C@]312. The van der Waals surface area contributed by atoms with E-state index in [1.807, 2.05) is 13.8 Å². The zero-order valence-electron chi connectivity index (χ0n) is 19.9. The Labute approximate surface area is 195 Å². The molecule has 0 aromatic rings. The number of esters is 2. The van der Waals surface area contributed by atoms with E-state index in [9.17, 15) is 29.7 Å². The highest BCUT2D eigenvalue weighted by Gasteiger charge is 2.74. The molecule has 33 heavy (non-hydrogen) atoms. The number of allylic oxidation sites excluding steroid dienone is 1. The Bertz CT molecular complexity index is 774. The van der Waals surface area contributed by atoms with Crippen molar-refractivity contribution in [3.05, 3.63) is 11.6 Å². The first-order valence-corrected chi connectivity index (χ1v) is 12.2. The molecule has 1 unspecified atom stereocenters. The molecule has 3 rings (SSSR count). The van der Waals surface area contributed by atoms with E-state index >= 15 is 0 Å². The average Bonchev–Trinajstić information content (AvgIpc) is 3.02. The fourth-order valence-electron chi connectivity index (χ4n) is 6.32. The predicted octanol–water partition coefficient (Wildman–Crippen LogP) is 2.42. The molecule has 2 fully saturated rings. The molecule has 1 spiro atoms. The van der Waals surface area contributed by atoms with Crippen LogP contribution in [0.2, 0.25) is 0 Å². The molecule has 0 aromatic heterocycles. The van der Waals surface area contributed by atoms with Gasteiger partial charge < -0.3 is 24.8 Å². The second-order valence-corrected chi connectivity index (χ2v) is 10.5. The summed E-state index contributed by atoms with van der Waals surface area (Å²) < 4.78 is 10.8. The van der Waals surface area contributed by atoms with Crippen LogP contribution >= 0.6 is 0 Å². The molecule has 1 heterocycles. The summed E-state index contributed by atoms with van der Waals surface area (Å²) in [6.07, 6.45) is 3.59. The van der Waals surface area contributed by atoms with Crippen molar-refractivity contribution < 1.29 is 39.2 Å². The highest BCUT2D eigenvalue weighted by atomic mass is 16.6. The fourth-order valence-corrected chi connectivity index (χ4v) is 6.32. The number of carbonyl (C=O) groups is 3. The lowest BCUT2D eigenvalue weighted by Crippen LogP contribution is -2.65. The van der Waals surface area contributed by atoms with Crippen LogP contribution in [0.1, 0.15) is 78.6 Å². The van der Waals surface area contributed by atoms with Gasteiger partial charge in [-0.2, -0.15) is 0 Å². The smallest absolute Gasteiger partial charge is 0.335 e. The summed E-state index contributed by atoms with van der Waals surface area (Å²) in [7, 11) is 0. The summed E-state index contributed by atoms with van der Waals surface area (Å²) in [5, 5.41) is 32.0. The molecule has 2 aliphatic carbocycles. The molecule has 7 atom stereocenters. The average molecular weight is 467 g/mol. The topological polar surface area (TPSA) is 130 Å². The zero-order valence-corrected chi connectivity index (χ0v) is 19.9. The minimum Gasteiger partial charge on any atom is -0.456 e. The first-order valence-electron chi connectivity index (χ1n) is 12.2. The van der Waals surface area contributed by atoms with E-state index in [0.717, 1.165) is 32.1 Å². The number of rotatable bonds is 10. The molecule has 8 heteroatoms. The molecule has 1 saturated heterocycles. The van der Waals surface area contributed by atoms with Crippen LogP contribution < -0.4 is 0 Å². The minimum absolute atomic E-state index is 0.197. The Hall–Kier alpha value is -1.77. The maximum absolute atomic E-state index is 13.2. The van der Waals surface area contributed by atoms with E-state index in [4.69, 9.17) is 9.47 Å². The Morgan fingerprint density at radius 2 is 1.91 bits per heavy atom. The summed E-state index contributed by atoms with van der Waals surface area (Å²) in [5.41, 5.74) is -1.95. The third-order valence-electron chi connectivity index (χ3n) is 7.89. The molecule has 0 bridgehead atoms. The quantitative estimate of drug-likeness (QED) is 0.254. The number of aldehydes is 1. The number of hydrogen-bond acceptors (Lipinski definition) is 8. The van der Waals surface area contributed by atoms with Crippen molar-refractivity contribution in [2.75, 3.05) is 0 Å². The van der Waals surface area contributed by atoms with E-state index in [1.54, 1.807) is 6.08 Å². The number of carbonyl (C=O) groups excluding carboxylic acids is 3. The third-order valence-corrected chi connectivity index (χ3v) is 7.89. The van der Waals surface area contributed by atoms with E-state index < -0.39 is 59.2 Å². The highest BCUT2D eigenvalue weighted by molar-refractivity contribution is 5.87. The summed E-state index contributed by atoms with van der Waals surface area (Å²) in [4.78, 5) is 37.8. The third kappa shape index (κ3) is 4.62.